The first-order chi connectivity index (χ1) is 14.2. The van der Waals surface area contributed by atoms with Gasteiger partial charge in [0.1, 0.15) is 23.0 Å². The average molecular weight is 395 g/mol. The van der Waals surface area contributed by atoms with E-state index in [0.29, 0.717) is 42.8 Å². The molecule has 3 heterocycles. The molecule has 4 rings (SSSR count). The molecule has 0 unspecified atom stereocenters. The normalized spacial score (nSPS) is 11.1. The summed E-state index contributed by atoms with van der Waals surface area (Å²) in [5, 5.41) is 4.12. The number of rotatable bonds is 9. The van der Waals surface area contributed by atoms with E-state index >= 15 is 0 Å². The summed E-state index contributed by atoms with van der Waals surface area (Å²) < 4.78 is 27.1. The van der Waals surface area contributed by atoms with Gasteiger partial charge in [-0.05, 0) is 36.4 Å². The van der Waals surface area contributed by atoms with Crippen LogP contribution in [0.3, 0.4) is 0 Å². The first-order valence-corrected chi connectivity index (χ1v) is 9.07. The molecular formula is C21H21N3O5. The van der Waals surface area contributed by atoms with Crippen LogP contribution in [0.2, 0.25) is 0 Å². The van der Waals surface area contributed by atoms with E-state index in [0.717, 1.165) is 17.1 Å². The molecule has 0 radical (unpaired) electrons. The highest BCUT2D eigenvalue weighted by atomic mass is 16.5. The molecule has 29 heavy (non-hydrogen) atoms. The van der Waals surface area contributed by atoms with E-state index in [9.17, 15) is 0 Å². The third kappa shape index (κ3) is 4.49. The van der Waals surface area contributed by atoms with E-state index in [1.165, 1.54) is 0 Å². The van der Waals surface area contributed by atoms with E-state index in [-0.39, 0.29) is 0 Å². The van der Waals surface area contributed by atoms with E-state index in [1.54, 1.807) is 32.8 Å². The van der Waals surface area contributed by atoms with Gasteiger partial charge in [0.2, 0.25) is 11.7 Å². The fourth-order valence-electron chi connectivity index (χ4n) is 3.02. The van der Waals surface area contributed by atoms with Crippen LogP contribution in [0.15, 0.2) is 68.3 Å². The molecule has 0 fully saturated rings. The average Bonchev–Trinajstić information content (AvgIpc) is 3.51. The summed E-state index contributed by atoms with van der Waals surface area (Å²) in [5.41, 5.74) is 0.729. The van der Waals surface area contributed by atoms with Crippen molar-refractivity contribution in [3.05, 3.63) is 72.4 Å². The van der Waals surface area contributed by atoms with Crippen molar-refractivity contribution < 1.29 is 22.8 Å². The summed E-state index contributed by atoms with van der Waals surface area (Å²) in [5.74, 6) is 3.92. The van der Waals surface area contributed by atoms with Crippen molar-refractivity contribution in [2.75, 3.05) is 14.2 Å². The summed E-state index contributed by atoms with van der Waals surface area (Å²) >= 11 is 0. The maximum atomic E-state index is 5.49. The molecule has 3 aromatic heterocycles. The maximum Gasteiger partial charge on any atom is 0.241 e. The van der Waals surface area contributed by atoms with Crippen molar-refractivity contribution in [1.82, 2.24) is 15.0 Å². The minimum atomic E-state index is 0.437. The van der Waals surface area contributed by atoms with E-state index in [4.69, 9.17) is 22.8 Å². The van der Waals surface area contributed by atoms with E-state index < -0.39 is 0 Å². The molecule has 4 aromatic rings. The third-order valence-electron chi connectivity index (χ3n) is 4.40. The summed E-state index contributed by atoms with van der Waals surface area (Å²) in [6.45, 7) is 1.60. The van der Waals surface area contributed by atoms with Gasteiger partial charge in [-0.3, -0.25) is 4.90 Å². The fourth-order valence-corrected chi connectivity index (χ4v) is 3.02. The SMILES string of the molecule is COc1ccc(-c2noc(CN(Cc3ccco3)Cc3ccco3)n2)c(OC)c1. The molecular weight excluding hydrogens is 374 g/mol. The van der Waals surface area contributed by atoms with Gasteiger partial charge < -0.3 is 22.8 Å². The molecule has 0 bridgehead atoms. The summed E-state index contributed by atoms with van der Waals surface area (Å²) in [4.78, 5) is 6.64. The molecule has 0 saturated carbocycles. The summed E-state index contributed by atoms with van der Waals surface area (Å²) in [6, 6.07) is 13.0. The van der Waals surface area contributed by atoms with Gasteiger partial charge in [-0.1, -0.05) is 5.16 Å². The number of methoxy groups -OCH3 is 2. The number of hydrogen-bond donors (Lipinski definition) is 0. The van der Waals surface area contributed by atoms with Crippen molar-refractivity contribution in [3.63, 3.8) is 0 Å². The Morgan fingerprint density at radius 1 is 0.897 bits per heavy atom. The lowest BCUT2D eigenvalue weighted by Crippen LogP contribution is -2.22. The predicted molar refractivity (Wildman–Crippen MR) is 103 cm³/mol. The number of hydrogen-bond acceptors (Lipinski definition) is 8. The Bertz CT molecular complexity index is 988. The fraction of sp³-hybridized carbons (Fsp3) is 0.238. The molecule has 0 amide bonds. The third-order valence-corrected chi connectivity index (χ3v) is 4.40. The summed E-state index contributed by atoms with van der Waals surface area (Å²) in [7, 11) is 3.20. The standard InChI is InChI=1S/C21H21N3O5/c1-25-15-7-8-18(19(11-15)26-2)21-22-20(29-23-21)14-24(12-16-5-3-9-27-16)13-17-6-4-10-28-17/h3-11H,12-14H2,1-2H3. The van der Waals surface area contributed by atoms with Crippen molar-refractivity contribution in [1.29, 1.82) is 0 Å². The van der Waals surface area contributed by atoms with Gasteiger partial charge in [0.15, 0.2) is 0 Å². The first-order valence-electron chi connectivity index (χ1n) is 9.07. The van der Waals surface area contributed by atoms with Crippen LogP contribution < -0.4 is 9.47 Å². The molecule has 0 aliphatic carbocycles. The molecule has 8 heteroatoms. The van der Waals surface area contributed by atoms with Crippen LogP contribution in [-0.2, 0) is 19.6 Å². The lowest BCUT2D eigenvalue weighted by atomic mass is 10.2. The van der Waals surface area contributed by atoms with Gasteiger partial charge in [0.25, 0.3) is 0 Å². The van der Waals surface area contributed by atoms with Crippen molar-refractivity contribution in [2.24, 2.45) is 0 Å². The Labute approximate surface area is 167 Å². The largest absolute Gasteiger partial charge is 0.497 e. The van der Waals surface area contributed by atoms with Gasteiger partial charge in [-0.15, -0.1) is 0 Å². The lowest BCUT2D eigenvalue weighted by molar-refractivity contribution is 0.183. The molecule has 0 atom stereocenters. The molecule has 0 aliphatic heterocycles. The Hall–Kier alpha value is -3.52. The Morgan fingerprint density at radius 2 is 1.62 bits per heavy atom. The smallest absolute Gasteiger partial charge is 0.241 e. The minimum Gasteiger partial charge on any atom is -0.497 e. The van der Waals surface area contributed by atoms with Gasteiger partial charge in [-0.25, -0.2) is 0 Å². The second-order valence-corrected chi connectivity index (χ2v) is 6.38. The van der Waals surface area contributed by atoms with Crippen molar-refractivity contribution in [3.8, 4) is 22.9 Å². The van der Waals surface area contributed by atoms with Crippen LogP contribution in [0.1, 0.15) is 17.4 Å². The zero-order chi connectivity index (χ0) is 20.1. The van der Waals surface area contributed by atoms with Crippen molar-refractivity contribution in [2.45, 2.75) is 19.6 Å². The Balaban J connectivity index is 1.54. The summed E-state index contributed by atoms with van der Waals surface area (Å²) in [6.07, 6.45) is 3.31. The zero-order valence-electron chi connectivity index (χ0n) is 16.2. The number of ether oxygens (including phenoxy) is 2. The number of aromatic nitrogens is 2. The predicted octanol–water partition coefficient (Wildman–Crippen LogP) is 4.14. The van der Waals surface area contributed by atoms with Gasteiger partial charge >= 0.3 is 0 Å². The molecule has 1 aromatic carbocycles. The number of nitrogens with zero attached hydrogens (tertiary/aromatic N) is 3. The molecule has 0 N–H and O–H groups in total. The lowest BCUT2D eigenvalue weighted by Gasteiger charge is -2.17. The van der Waals surface area contributed by atoms with Gasteiger partial charge in [0.05, 0.1) is 51.9 Å². The minimum absolute atomic E-state index is 0.437. The van der Waals surface area contributed by atoms with Crippen LogP contribution in [0, 0.1) is 0 Å². The molecule has 8 nitrogen and oxygen atoms in total. The van der Waals surface area contributed by atoms with Crippen LogP contribution >= 0.6 is 0 Å². The number of benzene rings is 1. The molecule has 150 valence electrons. The highest BCUT2D eigenvalue weighted by Crippen LogP contribution is 2.31. The Morgan fingerprint density at radius 3 is 2.21 bits per heavy atom. The second kappa shape index (κ2) is 8.66. The quantitative estimate of drug-likeness (QED) is 0.418. The maximum absolute atomic E-state index is 5.49. The van der Waals surface area contributed by atoms with Crippen LogP contribution in [0.5, 0.6) is 11.5 Å². The van der Waals surface area contributed by atoms with E-state index in [2.05, 4.69) is 15.0 Å². The van der Waals surface area contributed by atoms with E-state index in [1.807, 2.05) is 36.4 Å². The van der Waals surface area contributed by atoms with Crippen LogP contribution in [-0.4, -0.2) is 29.3 Å². The molecule has 0 aliphatic rings. The zero-order valence-corrected chi connectivity index (χ0v) is 16.2. The molecule has 0 spiro atoms. The second-order valence-electron chi connectivity index (χ2n) is 6.38. The molecule has 0 saturated heterocycles. The van der Waals surface area contributed by atoms with Crippen molar-refractivity contribution >= 4 is 0 Å². The number of furan rings is 2. The van der Waals surface area contributed by atoms with Crippen LogP contribution in [0.4, 0.5) is 0 Å². The highest BCUT2D eigenvalue weighted by molar-refractivity contribution is 5.65. The van der Waals surface area contributed by atoms with Gasteiger partial charge in [0, 0.05) is 6.07 Å². The topological polar surface area (TPSA) is 86.9 Å². The van der Waals surface area contributed by atoms with Crippen LogP contribution in [0.25, 0.3) is 11.4 Å². The monoisotopic (exact) mass is 395 g/mol. The van der Waals surface area contributed by atoms with Gasteiger partial charge in [-0.2, -0.15) is 4.98 Å². The highest BCUT2D eigenvalue weighted by Gasteiger charge is 2.18. The Kier molecular flexibility index (Phi) is 5.62. The first kappa shape index (κ1) is 18.8.